The van der Waals surface area contributed by atoms with Gasteiger partial charge in [0.15, 0.2) is 0 Å². The standard InChI is InChI=1S/C16H24N2O3S/c1-5-22(20,21)18-8-6-17(7-9-18)16(19)15-11-13(3)12(2)10-14(15)4/h10-11H,5-9H2,1-4H3. The van der Waals surface area contributed by atoms with Crippen molar-refractivity contribution < 1.29 is 13.2 Å². The van der Waals surface area contributed by atoms with Crippen molar-refractivity contribution in [3.63, 3.8) is 0 Å². The molecule has 0 radical (unpaired) electrons. The van der Waals surface area contributed by atoms with E-state index in [1.807, 2.05) is 32.9 Å². The Morgan fingerprint density at radius 1 is 1.00 bits per heavy atom. The highest BCUT2D eigenvalue weighted by molar-refractivity contribution is 7.89. The summed E-state index contributed by atoms with van der Waals surface area (Å²) >= 11 is 0. The van der Waals surface area contributed by atoms with E-state index in [0.29, 0.717) is 26.2 Å². The van der Waals surface area contributed by atoms with E-state index in [-0.39, 0.29) is 11.7 Å². The van der Waals surface area contributed by atoms with Crippen LogP contribution < -0.4 is 0 Å². The zero-order valence-corrected chi connectivity index (χ0v) is 14.5. The molecule has 2 rings (SSSR count). The Morgan fingerprint density at radius 3 is 2.09 bits per heavy atom. The van der Waals surface area contributed by atoms with Crippen molar-refractivity contribution in [2.45, 2.75) is 27.7 Å². The first-order valence-electron chi connectivity index (χ1n) is 7.61. The number of carbonyl (C=O) groups is 1. The van der Waals surface area contributed by atoms with Crippen molar-refractivity contribution in [1.82, 2.24) is 9.21 Å². The molecule has 0 unspecified atom stereocenters. The van der Waals surface area contributed by atoms with Crippen LogP contribution in [-0.2, 0) is 10.0 Å². The number of benzene rings is 1. The first-order chi connectivity index (χ1) is 10.3. The van der Waals surface area contributed by atoms with E-state index in [2.05, 4.69) is 0 Å². The molecule has 6 heteroatoms. The molecule has 1 heterocycles. The van der Waals surface area contributed by atoms with Gasteiger partial charge in [-0.2, -0.15) is 4.31 Å². The summed E-state index contributed by atoms with van der Waals surface area (Å²) in [5.74, 6) is 0.103. The van der Waals surface area contributed by atoms with Crippen molar-refractivity contribution in [3.05, 3.63) is 34.4 Å². The second kappa shape index (κ2) is 6.38. The van der Waals surface area contributed by atoms with Crippen LogP contribution in [0.2, 0.25) is 0 Å². The van der Waals surface area contributed by atoms with Gasteiger partial charge in [-0.1, -0.05) is 6.07 Å². The molecule has 0 spiro atoms. The average molecular weight is 324 g/mol. The average Bonchev–Trinajstić information content (AvgIpc) is 2.50. The number of rotatable bonds is 3. The van der Waals surface area contributed by atoms with Gasteiger partial charge in [-0.15, -0.1) is 0 Å². The predicted octanol–water partition coefficient (Wildman–Crippen LogP) is 1.72. The number of piperazine rings is 1. The molecule has 0 N–H and O–H groups in total. The molecule has 22 heavy (non-hydrogen) atoms. The third-order valence-corrected chi connectivity index (χ3v) is 6.24. The predicted molar refractivity (Wildman–Crippen MR) is 87.6 cm³/mol. The lowest BCUT2D eigenvalue weighted by Gasteiger charge is -2.34. The number of carbonyl (C=O) groups excluding carboxylic acids is 1. The van der Waals surface area contributed by atoms with E-state index in [0.717, 1.165) is 16.7 Å². The van der Waals surface area contributed by atoms with Crippen molar-refractivity contribution >= 4 is 15.9 Å². The third-order valence-electron chi connectivity index (χ3n) is 4.36. The van der Waals surface area contributed by atoms with E-state index in [1.165, 1.54) is 9.87 Å². The number of hydrogen-bond donors (Lipinski definition) is 0. The number of nitrogens with zero attached hydrogens (tertiary/aromatic N) is 2. The molecule has 1 aromatic rings. The van der Waals surface area contributed by atoms with Gasteiger partial charge in [-0.25, -0.2) is 8.42 Å². The topological polar surface area (TPSA) is 57.7 Å². The number of sulfonamides is 1. The minimum atomic E-state index is -3.16. The normalized spacial score (nSPS) is 16.8. The molecule has 5 nitrogen and oxygen atoms in total. The molecule has 0 aromatic heterocycles. The van der Waals surface area contributed by atoms with Gasteiger partial charge in [0.1, 0.15) is 0 Å². The number of amides is 1. The van der Waals surface area contributed by atoms with E-state index in [9.17, 15) is 13.2 Å². The minimum Gasteiger partial charge on any atom is -0.336 e. The largest absolute Gasteiger partial charge is 0.336 e. The van der Waals surface area contributed by atoms with Crippen molar-refractivity contribution in [3.8, 4) is 0 Å². The lowest BCUT2D eigenvalue weighted by Crippen LogP contribution is -2.51. The lowest BCUT2D eigenvalue weighted by molar-refractivity contribution is 0.0697. The Kier molecular flexibility index (Phi) is 4.92. The van der Waals surface area contributed by atoms with Gasteiger partial charge < -0.3 is 4.90 Å². The van der Waals surface area contributed by atoms with Gasteiger partial charge in [0.25, 0.3) is 5.91 Å². The third kappa shape index (κ3) is 3.33. The summed E-state index contributed by atoms with van der Waals surface area (Å²) < 4.78 is 25.2. The maximum Gasteiger partial charge on any atom is 0.254 e. The molecule has 1 amide bonds. The SMILES string of the molecule is CCS(=O)(=O)N1CCN(C(=O)c2cc(C)c(C)cc2C)CC1. The zero-order valence-electron chi connectivity index (χ0n) is 13.7. The van der Waals surface area contributed by atoms with Gasteiger partial charge in [-0.05, 0) is 50.5 Å². The molecule has 0 aliphatic carbocycles. The molecular formula is C16H24N2O3S. The van der Waals surface area contributed by atoms with E-state index in [1.54, 1.807) is 11.8 Å². The van der Waals surface area contributed by atoms with Gasteiger partial charge >= 0.3 is 0 Å². The fourth-order valence-corrected chi connectivity index (χ4v) is 3.80. The van der Waals surface area contributed by atoms with Gasteiger partial charge in [0, 0.05) is 31.7 Å². The second-order valence-corrected chi connectivity index (χ2v) is 8.10. The Labute approximate surface area is 133 Å². The van der Waals surface area contributed by atoms with Crippen molar-refractivity contribution in [1.29, 1.82) is 0 Å². The van der Waals surface area contributed by atoms with Crippen LogP contribution in [-0.4, -0.2) is 55.5 Å². The molecule has 0 saturated carbocycles. The molecular weight excluding hydrogens is 300 g/mol. The highest BCUT2D eigenvalue weighted by Gasteiger charge is 2.28. The lowest BCUT2D eigenvalue weighted by atomic mass is 10.00. The summed E-state index contributed by atoms with van der Waals surface area (Å²) in [7, 11) is -3.16. The van der Waals surface area contributed by atoms with Crippen LogP contribution in [0.1, 0.15) is 34.0 Å². The monoisotopic (exact) mass is 324 g/mol. The van der Waals surface area contributed by atoms with E-state index < -0.39 is 10.0 Å². The minimum absolute atomic E-state index is 0.00542. The van der Waals surface area contributed by atoms with Crippen LogP contribution in [0.25, 0.3) is 0 Å². The summed E-state index contributed by atoms with van der Waals surface area (Å²) in [6.45, 7) is 9.28. The quantitative estimate of drug-likeness (QED) is 0.850. The van der Waals surface area contributed by atoms with E-state index in [4.69, 9.17) is 0 Å². The first kappa shape index (κ1) is 17.0. The molecule has 1 aromatic carbocycles. The van der Waals surface area contributed by atoms with Crippen LogP contribution in [0.4, 0.5) is 0 Å². The summed E-state index contributed by atoms with van der Waals surface area (Å²) in [5, 5.41) is 0. The summed E-state index contributed by atoms with van der Waals surface area (Å²) in [5.41, 5.74) is 3.96. The Hall–Kier alpha value is -1.40. The van der Waals surface area contributed by atoms with Crippen molar-refractivity contribution in [2.24, 2.45) is 0 Å². The summed E-state index contributed by atoms with van der Waals surface area (Å²) in [4.78, 5) is 14.4. The molecule has 0 bridgehead atoms. The maximum atomic E-state index is 12.7. The van der Waals surface area contributed by atoms with Gasteiger partial charge in [0.05, 0.1) is 5.75 Å². The van der Waals surface area contributed by atoms with Gasteiger partial charge in [-0.3, -0.25) is 4.79 Å². The fourth-order valence-electron chi connectivity index (χ4n) is 2.71. The smallest absolute Gasteiger partial charge is 0.254 e. The van der Waals surface area contributed by atoms with Crippen LogP contribution in [0.5, 0.6) is 0 Å². The van der Waals surface area contributed by atoms with Crippen LogP contribution in [0, 0.1) is 20.8 Å². The van der Waals surface area contributed by atoms with Crippen LogP contribution >= 0.6 is 0 Å². The Bertz CT molecular complexity index is 675. The highest BCUT2D eigenvalue weighted by Crippen LogP contribution is 2.18. The molecule has 1 fully saturated rings. The highest BCUT2D eigenvalue weighted by atomic mass is 32.2. The second-order valence-electron chi connectivity index (χ2n) is 5.84. The number of aryl methyl sites for hydroxylation is 3. The summed E-state index contributed by atoms with van der Waals surface area (Å²) in [6, 6.07) is 3.96. The molecule has 1 aliphatic rings. The zero-order chi connectivity index (χ0) is 16.5. The van der Waals surface area contributed by atoms with E-state index >= 15 is 0 Å². The molecule has 122 valence electrons. The van der Waals surface area contributed by atoms with Crippen LogP contribution in [0.15, 0.2) is 12.1 Å². The molecule has 1 aliphatic heterocycles. The molecule has 1 saturated heterocycles. The first-order valence-corrected chi connectivity index (χ1v) is 9.22. The molecule has 0 atom stereocenters. The van der Waals surface area contributed by atoms with Crippen molar-refractivity contribution in [2.75, 3.05) is 31.9 Å². The maximum absolute atomic E-state index is 12.7. The van der Waals surface area contributed by atoms with Crippen LogP contribution in [0.3, 0.4) is 0 Å². The Balaban J connectivity index is 2.12. The Morgan fingerprint density at radius 2 is 1.55 bits per heavy atom. The number of hydrogen-bond acceptors (Lipinski definition) is 3. The van der Waals surface area contributed by atoms with Gasteiger partial charge in [0.2, 0.25) is 10.0 Å². The fraction of sp³-hybridized carbons (Fsp3) is 0.562. The summed E-state index contributed by atoms with van der Waals surface area (Å²) in [6.07, 6.45) is 0.